The molecule has 5 aliphatic heterocycles. The van der Waals surface area contributed by atoms with Crippen LogP contribution in [0.4, 0.5) is 17.1 Å². The smallest absolute Gasteiger partial charge is 0.264 e. The fourth-order valence-corrected chi connectivity index (χ4v) is 13.0. The maximum atomic E-state index is 15.3. The number of aliphatic hydroxyl groups is 1. The summed E-state index contributed by atoms with van der Waals surface area (Å²) >= 11 is 0. The van der Waals surface area contributed by atoms with Gasteiger partial charge in [0.15, 0.2) is 13.9 Å². The minimum Gasteiger partial charge on any atom is -0.432 e. The Morgan fingerprint density at radius 2 is 1.56 bits per heavy atom. The van der Waals surface area contributed by atoms with E-state index >= 15 is 4.79 Å². The van der Waals surface area contributed by atoms with Crippen LogP contribution in [-0.2, 0) is 49.0 Å². The van der Waals surface area contributed by atoms with Crippen LogP contribution in [0.25, 0.3) is 0 Å². The number of benzene rings is 3. The van der Waals surface area contributed by atoms with Gasteiger partial charge in [-0.15, -0.1) is 0 Å². The number of fused-ring (bicyclic) bond motifs is 3. The first-order chi connectivity index (χ1) is 28.4. The van der Waals surface area contributed by atoms with Crippen molar-refractivity contribution >= 4 is 49.0 Å². The topological polar surface area (TPSA) is 173 Å². The maximum absolute atomic E-state index is 15.3. The van der Waals surface area contributed by atoms with Crippen LogP contribution in [0.3, 0.4) is 0 Å². The molecule has 5 heterocycles. The number of ether oxygens (including phenoxy) is 1. The molecule has 3 aromatic carbocycles. The molecule has 4 amide bonds. The molecule has 2 unspecified atom stereocenters. The van der Waals surface area contributed by atoms with E-state index in [9.17, 15) is 24.3 Å². The Morgan fingerprint density at radius 1 is 0.898 bits per heavy atom. The second-order valence-electron chi connectivity index (χ2n) is 17.8. The van der Waals surface area contributed by atoms with E-state index in [1.165, 1.54) is 0 Å². The first kappa shape index (κ1) is 41.3. The van der Waals surface area contributed by atoms with Gasteiger partial charge in [0.25, 0.3) is 5.91 Å². The number of anilines is 3. The van der Waals surface area contributed by atoms with Crippen LogP contribution in [0.1, 0.15) is 61.3 Å². The van der Waals surface area contributed by atoms with Crippen LogP contribution in [0.2, 0.25) is 18.6 Å². The SMILES string of the molecule is C[C@@H]1[C@@H]([Si](C)(C)O)[C@H](CC(=O)N2Cc3ccccc3C[C@H]2CO)O[C@@]12C(=O)N(Cc1cccc(NC(=O)C3CCCNC3)c1)c1ccc(NC(=O)C3CCCNC3)cc12. The molecule has 0 bridgehead atoms. The van der Waals surface area contributed by atoms with Crippen LogP contribution >= 0.6 is 0 Å². The third kappa shape index (κ3) is 8.10. The second-order valence-corrected chi connectivity index (χ2v) is 21.8. The van der Waals surface area contributed by atoms with Gasteiger partial charge in [-0.1, -0.05) is 43.3 Å². The van der Waals surface area contributed by atoms with Crippen molar-refractivity contribution in [1.82, 2.24) is 15.5 Å². The Morgan fingerprint density at radius 3 is 2.19 bits per heavy atom. The Balaban J connectivity index is 1.12. The highest BCUT2D eigenvalue weighted by Crippen LogP contribution is 2.60. The molecule has 0 aromatic heterocycles. The zero-order chi connectivity index (χ0) is 41.5. The molecule has 314 valence electrons. The summed E-state index contributed by atoms with van der Waals surface area (Å²) in [5, 5.41) is 23.2. The second kappa shape index (κ2) is 16.9. The van der Waals surface area contributed by atoms with E-state index in [-0.39, 0.29) is 55.0 Å². The summed E-state index contributed by atoms with van der Waals surface area (Å²) in [6, 6.07) is 20.6. The number of nitrogens with one attached hydrogen (secondary N) is 4. The van der Waals surface area contributed by atoms with E-state index in [0.29, 0.717) is 48.7 Å². The molecule has 6 N–H and O–H groups in total. The summed E-state index contributed by atoms with van der Waals surface area (Å²) in [5.74, 6) is -1.48. The van der Waals surface area contributed by atoms with E-state index < -0.39 is 37.5 Å². The Kier molecular flexibility index (Phi) is 11.8. The minimum absolute atomic E-state index is 0.0378. The summed E-state index contributed by atoms with van der Waals surface area (Å²) in [6.07, 6.45) is 3.13. The van der Waals surface area contributed by atoms with Crippen LogP contribution in [0, 0.1) is 17.8 Å². The minimum atomic E-state index is -3.13. The number of carbonyl (C=O) groups is 4. The third-order valence-corrected chi connectivity index (χ3v) is 15.9. The predicted molar refractivity (Wildman–Crippen MR) is 228 cm³/mol. The molecule has 3 aromatic rings. The fraction of sp³-hybridized carbons (Fsp3) is 0.511. The summed E-state index contributed by atoms with van der Waals surface area (Å²) in [6.45, 7) is 8.97. The van der Waals surface area contributed by atoms with Gasteiger partial charge in [-0.3, -0.25) is 19.2 Å². The van der Waals surface area contributed by atoms with Gasteiger partial charge in [0.2, 0.25) is 17.7 Å². The lowest BCUT2D eigenvalue weighted by atomic mass is 9.82. The standard InChI is InChI=1S/C45H58N6O7Si/c1-28-41(59(2,3)57)39(22-40(53)50-26-33-11-5-4-10-30(33)20-36(50)27-52)58-45(28)37-21-35(49-43(55)32-13-8-18-47-24-32)15-16-38(37)51(44(45)56)25-29-9-6-14-34(19-29)48-42(54)31-12-7-17-46-23-31/h4-6,9-11,14-16,19,21,28,31-32,36,39,41,46-47,52,57H,7-8,12-13,17-18,20,22-27H2,1-3H3,(H,48,54)(H,49,55)/t28-,31?,32?,36+,39+,41-,45+/m1/s1. The number of rotatable bonds is 10. The van der Waals surface area contributed by atoms with E-state index in [1.807, 2.05) is 86.7 Å². The van der Waals surface area contributed by atoms with Gasteiger partial charge in [0.1, 0.15) is 0 Å². The van der Waals surface area contributed by atoms with Crippen LogP contribution < -0.4 is 26.2 Å². The highest BCUT2D eigenvalue weighted by molar-refractivity contribution is 6.71. The summed E-state index contributed by atoms with van der Waals surface area (Å²) in [4.78, 5) is 71.7. The molecule has 7 atom stereocenters. The quantitative estimate of drug-likeness (QED) is 0.164. The Hall–Kier alpha value is -4.44. The van der Waals surface area contributed by atoms with Gasteiger partial charge >= 0.3 is 0 Å². The number of amides is 4. The van der Waals surface area contributed by atoms with Gasteiger partial charge in [-0.05, 0) is 105 Å². The van der Waals surface area contributed by atoms with Crippen LogP contribution in [0.15, 0.2) is 66.7 Å². The predicted octanol–water partition coefficient (Wildman–Crippen LogP) is 4.24. The Labute approximate surface area is 347 Å². The van der Waals surface area contributed by atoms with E-state index in [4.69, 9.17) is 4.74 Å². The average molecular weight is 823 g/mol. The molecular weight excluding hydrogens is 765 g/mol. The lowest BCUT2D eigenvalue weighted by Gasteiger charge is -2.37. The lowest BCUT2D eigenvalue weighted by Crippen LogP contribution is -2.48. The van der Waals surface area contributed by atoms with Crippen molar-refractivity contribution in [2.75, 3.05) is 48.3 Å². The first-order valence-corrected chi connectivity index (χ1v) is 24.4. The summed E-state index contributed by atoms with van der Waals surface area (Å²) in [5.41, 5.74) is 3.26. The molecule has 8 rings (SSSR count). The van der Waals surface area contributed by atoms with Crippen molar-refractivity contribution in [2.45, 2.75) is 94.9 Å². The van der Waals surface area contributed by atoms with Gasteiger partial charge in [0.05, 0.1) is 49.2 Å². The maximum Gasteiger partial charge on any atom is 0.264 e. The molecule has 0 saturated carbocycles. The number of nitrogens with zero attached hydrogens (tertiary/aromatic N) is 2. The Bertz CT molecular complexity index is 2080. The van der Waals surface area contributed by atoms with Crippen molar-refractivity contribution < 1.29 is 33.8 Å². The zero-order valence-electron chi connectivity index (χ0n) is 34.3. The number of aliphatic hydroxyl groups excluding tert-OH is 1. The van der Waals surface area contributed by atoms with Gasteiger partial charge in [-0.25, -0.2) is 0 Å². The van der Waals surface area contributed by atoms with Gasteiger partial charge in [0, 0.05) is 48.0 Å². The van der Waals surface area contributed by atoms with Gasteiger partial charge < -0.3 is 45.7 Å². The number of piperidine rings is 2. The molecule has 0 radical (unpaired) electrons. The van der Waals surface area contributed by atoms with E-state index in [0.717, 1.165) is 55.5 Å². The molecule has 1 spiro atoms. The highest BCUT2D eigenvalue weighted by Gasteiger charge is 2.66. The number of carbonyl (C=O) groups excluding carboxylic acids is 4. The van der Waals surface area contributed by atoms with E-state index in [2.05, 4.69) is 21.3 Å². The fourth-order valence-electron chi connectivity index (χ4n) is 10.4. The molecule has 3 saturated heterocycles. The van der Waals surface area contributed by atoms with Crippen molar-refractivity contribution in [3.63, 3.8) is 0 Å². The molecule has 59 heavy (non-hydrogen) atoms. The monoisotopic (exact) mass is 822 g/mol. The largest absolute Gasteiger partial charge is 0.432 e. The molecule has 0 aliphatic carbocycles. The molecule has 3 fully saturated rings. The van der Waals surface area contributed by atoms with E-state index in [1.54, 1.807) is 9.80 Å². The summed E-state index contributed by atoms with van der Waals surface area (Å²) < 4.78 is 7.08. The third-order valence-electron chi connectivity index (χ3n) is 13.4. The number of hydrogen-bond acceptors (Lipinski definition) is 9. The van der Waals surface area contributed by atoms with Gasteiger partial charge in [-0.2, -0.15) is 0 Å². The van der Waals surface area contributed by atoms with Crippen molar-refractivity contribution in [3.05, 3.63) is 89.0 Å². The first-order valence-electron chi connectivity index (χ1n) is 21.3. The van der Waals surface area contributed by atoms with Crippen LogP contribution in [0.5, 0.6) is 0 Å². The van der Waals surface area contributed by atoms with Crippen molar-refractivity contribution in [2.24, 2.45) is 17.8 Å². The average Bonchev–Trinajstić information content (AvgIpc) is 3.66. The summed E-state index contributed by atoms with van der Waals surface area (Å²) in [7, 11) is -3.13. The molecule has 13 nitrogen and oxygen atoms in total. The van der Waals surface area contributed by atoms with Crippen molar-refractivity contribution in [1.29, 1.82) is 0 Å². The molecular formula is C45H58N6O7Si. The lowest BCUT2D eigenvalue weighted by molar-refractivity contribution is -0.151. The van der Waals surface area contributed by atoms with Crippen LogP contribution in [-0.4, -0.2) is 91.7 Å². The van der Waals surface area contributed by atoms with Crippen molar-refractivity contribution in [3.8, 4) is 0 Å². The highest BCUT2D eigenvalue weighted by atomic mass is 28.4. The molecule has 5 aliphatic rings. The normalized spacial score (nSPS) is 28.0. The molecule has 14 heteroatoms. The zero-order valence-corrected chi connectivity index (χ0v) is 35.3. The number of hydrogen-bond donors (Lipinski definition) is 6.